The van der Waals surface area contributed by atoms with E-state index in [2.05, 4.69) is 15.3 Å². The van der Waals surface area contributed by atoms with Gasteiger partial charge in [0.05, 0.1) is 16.3 Å². The van der Waals surface area contributed by atoms with E-state index in [1.165, 1.54) is 28.6 Å². The van der Waals surface area contributed by atoms with Gasteiger partial charge in [0, 0.05) is 17.9 Å². The summed E-state index contributed by atoms with van der Waals surface area (Å²) in [6.45, 7) is 4.22. The van der Waals surface area contributed by atoms with Crippen LogP contribution in [0.3, 0.4) is 0 Å². The lowest BCUT2D eigenvalue weighted by molar-refractivity contribution is -0.116. The van der Waals surface area contributed by atoms with Crippen molar-refractivity contribution >= 4 is 33.4 Å². The molecule has 4 N–H and O–H groups in total. The zero-order valence-electron chi connectivity index (χ0n) is 16.3. The standard InChI is InChI=1S/C17H20N8O3S2/c1-10-7-11(2)25(22-10)16-20-21-17(24(16)18)29-9-15(26)23-6-5-12-8-13(30(19,27)28)3-4-14(12)23/h3-4,7-8H,5-6,9,18H2,1-2H3,(H2,19,27,28). The third kappa shape index (κ3) is 3.66. The summed E-state index contributed by atoms with van der Waals surface area (Å²) in [6, 6.07) is 6.43. The average molecular weight is 449 g/mol. The average Bonchev–Trinajstić information content (AvgIpc) is 3.35. The highest BCUT2D eigenvalue weighted by atomic mass is 32.2. The topological polar surface area (TPSA) is 155 Å². The van der Waals surface area contributed by atoms with Crippen LogP contribution in [0.5, 0.6) is 0 Å². The molecule has 2 aromatic heterocycles. The summed E-state index contributed by atoms with van der Waals surface area (Å²) in [6.07, 6.45) is 0.560. The first-order chi connectivity index (χ1) is 14.1. The van der Waals surface area contributed by atoms with E-state index in [4.69, 9.17) is 11.0 Å². The fourth-order valence-corrected chi connectivity index (χ4v) is 4.65. The molecule has 3 heterocycles. The van der Waals surface area contributed by atoms with E-state index in [1.54, 1.807) is 15.6 Å². The van der Waals surface area contributed by atoms with Crippen LogP contribution in [-0.2, 0) is 21.2 Å². The Hall–Kier alpha value is -2.90. The molecule has 30 heavy (non-hydrogen) atoms. The van der Waals surface area contributed by atoms with Gasteiger partial charge in [0.15, 0.2) is 0 Å². The van der Waals surface area contributed by atoms with Gasteiger partial charge in [-0.25, -0.2) is 22.9 Å². The molecule has 158 valence electrons. The molecule has 1 aliphatic heterocycles. The molecule has 11 nitrogen and oxygen atoms in total. The van der Waals surface area contributed by atoms with Gasteiger partial charge in [-0.05, 0) is 50.1 Å². The number of fused-ring (bicyclic) bond motifs is 1. The first-order valence-corrected chi connectivity index (χ1v) is 11.5. The highest BCUT2D eigenvalue weighted by molar-refractivity contribution is 7.99. The van der Waals surface area contributed by atoms with Crippen molar-refractivity contribution in [3.05, 3.63) is 41.2 Å². The Morgan fingerprint density at radius 1 is 1.23 bits per heavy atom. The van der Waals surface area contributed by atoms with Gasteiger partial charge < -0.3 is 10.7 Å². The van der Waals surface area contributed by atoms with Gasteiger partial charge in [0.2, 0.25) is 21.1 Å². The van der Waals surface area contributed by atoms with E-state index in [9.17, 15) is 13.2 Å². The zero-order valence-corrected chi connectivity index (χ0v) is 17.9. The molecule has 0 fully saturated rings. The lowest BCUT2D eigenvalue weighted by Gasteiger charge is -2.17. The van der Waals surface area contributed by atoms with Crippen LogP contribution in [0, 0.1) is 13.8 Å². The summed E-state index contributed by atoms with van der Waals surface area (Å²) in [5.74, 6) is 6.42. The van der Waals surface area contributed by atoms with Crippen molar-refractivity contribution in [3.63, 3.8) is 0 Å². The van der Waals surface area contributed by atoms with Gasteiger partial charge in [-0.2, -0.15) is 5.10 Å². The Morgan fingerprint density at radius 2 is 2.00 bits per heavy atom. The maximum atomic E-state index is 12.8. The molecule has 3 aromatic rings. The minimum atomic E-state index is -3.78. The quantitative estimate of drug-likeness (QED) is 0.412. The number of nitrogen functional groups attached to an aromatic ring is 1. The summed E-state index contributed by atoms with van der Waals surface area (Å²) in [7, 11) is -3.78. The summed E-state index contributed by atoms with van der Waals surface area (Å²) in [5, 5.41) is 18.0. The van der Waals surface area contributed by atoms with Gasteiger partial charge in [-0.1, -0.05) is 11.8 Å². The summed E-state index contributed by atoms with van der Waals surface area (Å²) >= 11 is 1.17. The molecule has 0 spiro atoms. The molecule has 0 saturated carbocycles. The SMILES string of the molecule is Cc1cc(C)n(-c2nnc(SCC(=O)N3CCc4cc(S(N)(=O)=O)ccc43)n2N)n1. The molecule has 4 rings (SSSR count). The molecule has 0 radical (unpaired) electrons. The van der Waals surface area contributed by atoms with Gasteiger partial charge in [0.1, 0.15) is 0 Å². The molecular formula is C17H20N8O3S2. The van der Waals surface area contributed by atoms with Crippen LogP contribution in [-0.4, -0.2) is 51.3 Å². The number of carbonyl (C=O) groups excluding carboxylic acids is 1. The summed E-state index contributed by atoms with van der Waals surface area (Å²) < 4.78 is 25.9. The number of carbonyl (C=O) groups is 1. The maximum absolute atomic E-state index is 12.8. The number of anilines is 1. The second kappa shape index (κ2) is 7.41. The highest BCUT2D eigenvalue weighted by Gasteiger charge is 2.26. The minimum Gasteiger partial charge on any atom is -0.334 e. The molecule has 0 atom stereocenters. The van der Waals surface area contributed by atoms with Gasteiger partial charge in [0.25, 0.3) is 5.95 Å². The fourth-order valence-electron chi connectivity index (χ4n) is 3.36. The molecule has 1 amide bonds. The van der Waals surface area contributed by atoms with E-state index < -0.39 is 10.0 Å². The number of primary sulfonamides is 1. The van der Waals surface area contributed by atoms with Crippen LogP contribution in [0.4, 0.5) is 5.69 Å². The third-order valence-electron chi connectivity index (χ3n) is 4.75. The Kier molecular flexibility index (Phi) is 5.03. The van der Waals surface area contributed by atoms with Crippen LogP contribution in [0.1, 0.15) is 17.0 Å². The minimum absolute atomic E-state index is 0.0397. The molecule has 0 unspecified atom stereocenters. The largest absolute Gasteiger partial charge is 0.334 e. The van der Waals surface area contributed by atoms with Crippen molar-refractivity contribution in [2.75, 3.05) is 23.0 Å². The highest BCUT2D eigenvalue weighted by Crippen LogP contribution is 2.31. The number of thioether (sulfide) groups is 1. The number of amides is 1. The van der Waals surface area contributed by atoms with E-state index in [0.29, 0.717) is 29.8 Å². The summed E-state index contributed by atoms with van der Waals surface area (Å²) in [4.78, 5) is 14.4. The van der Waals surface area contributed by atoms with E-state index in [-0.39, 0.29) is 16.6 Å². The van der Waals surface area contributed by atoms with Gasteiger partial charge in [-0.15, -0.1) is 10.2 Å². The molecule has 0 aliphatic carbocycles. The van der Waals surface area contributed by atoms with E-state index in [0.717, 1.165) is 17.0 Å². The number of benzene rings is 1. The van der Waals surface area contributed by atoms with Crippen molar-refractivity contribution in [1.82, 2.24) is 24.7 Å². The smallest absolute Gasteiger partial charge is 0.271 e. The number of nitrogens with zero attached hydrogens (tertiary/aromatic N) is 6. The van der Waals surface area contributed by atoms with Gasteiger partial charge in [-0.3, -0.25) is 4.79 Å². The van der Waals surface area contributed by atoms with Crippen LogP contribution in [0.2, 0.25) is 0 Å². The van der Waals surface area contributed by atoms with Crippen molar-refractivity contribution in [1.29, 1.82) is 0 Å². The van der Waals surface area contributed by atoms with Gasteiger partial charge >= 0.3 is 0 Å². The molecule has 1 aromatic carbocycles. The first kappa shape index (κ1) is 20.4. The number of rotatable bonds is 5. The predicted molar refractivity (Wildman–Crippen MR) is 111 cm³/mol. The normalized spacial score (nSPS) is 13.6. The Morgan fingerprint density at radius 3 is 2.67 bits per heavy atom. The van der Waals surface area contributed by atoms with Crippen LogP contribution >= 0.6 is 11.8 Å². The number of hydrogen-bond acceptors (Lipinski definition) is 8. The van der Waals surface area contributed by atoms with Crippen molar-refractivity contribution in [2.24, 2.45) is 5.14 Å². The fraction of sp³-hybridized carbons (Fsp3) is 0.294. The Labute approximate surface area is 177 Å². The molecule has 1 aliphatic rings. The third-order valence-corrected chi connectivity index (χ3v) is 6.59. The van der Waals surface area contributed by atoms with Crippen LogP contribution in [0.15, 0.2) is 34.3 Å². The predicted octanol–water partition coefficient (Wildman–Crippen LogP) is 0.123. The first-order valence-electron chi connectivity index (χ1n) is 8.98. The van der Waals surface area contributed by atoms with Crippen molar-refractivity contribution in [3.8, 4) is 5.95 Å². The number of aromatic nitrogens is 5. The lowest BCUT2D eigenvalue weighted by Crippen LogP contribution is -2.30. The Balaban J connectivity index is 1.48. The van der Waals surface area contributed by atoms with Crippen LogP contribution < -0.4 is 15.9 Å². The second-order valence-corrected chi connectivity index (χ2v) is 9.41. The molecular weight excluding hydrogens is 428 g/mol. The Bertz CT molecular complexity index is 1250. The number of sulfonamides is 1. The monoisotopic (exact) mass is 448 g/mol. The van der Waals surface area contributed by atoms with Crippen molar-refractivity contribution < 1.29 is 13.2 Å². The second-order valence-electron chi connectivity index (χ2n) is 6.91. The van der Waals surface area contributed by atoms with E-state index in [1.807, 2.05) is 19.9 Å². The lowest BCUT2D eigenvalue weighted by atomic mass is 10.2. The molecule has 13 heteroatoms. The van der Waals surface area contributed by atoms with E-state index >= 15 is 0 Å². The zero-order chi connectivity index (χ0) is 21.6. The van der Waals surface area contributed by atoms with Crippen molar-refractivity contribution in [2.45, 2.75) is 30.3 Å². The summed E-state index contributed by atoms with van der Waals surface area (Å²) in [5.41, 5.74) is 3.16. The number of nitrogens with two attached hydrogens (primary N) is 2. The maximum Gasteiger partial charge on any atom is 0.271 e. The molecule has 0 bridgehead atoms. The number of aryl methyl sites for hydroxylation is 2. The number of hydrogen-bond donors (Lipinski definition) is 2. The van der Waals surface area contributed by atoms with Crippen LogP contribution in [0.25, 0.3) is 5.95 Å². The molecule has 0 saturated heterocycles.